The van der Waals surface area contributed by atoms with E-state index in [4.69, 9.17) is 0 Å². The topological polar surface area (TPSA) is 58.9 Å². The lowest BCUT2D eigenvalue weighted by Gasteiger charge is -1.92. The quantitative estimate of drug-likeness (QED) is 0.671. The molecular weight excluding hydrogens is 260 g/mol. The molecule has 0 saturated heterocycles. The van der Waals surface area contributed by atoms with Gasteiger partial charge in [0.05, 0.1) is 4.92 Å². The maximum atomic E-state index is 10.2. The van der Waals surface area contributed by atoms with Gasteiger partial charge in [0.2, 0.25) is 6.20 Å². The lowest BCUT2D eigenvalue weighted by molar-refractivity contribution is -0.400. The van der Waals surface area contributed by atoms with Gasteiger partial charge in [-0.3, -0.25) is 10.1 Å². The molecule has 0 spiro atoms. The highest BCUT2D eigenvalue weighted by atomic mass is 79.9. The molecule has 1 heterocycles. The fourth-order valence-corrected chi connectivity index (χ4v) is 1.76. The Morgan fingerprint density at radius 2 is 2.27 bits per heavy atom. The van der Waals surface area contributed by atoms with Crippen LogP contribution in [0.3, 0.4) is 0 Å². The van der Waals surface area contributed by atoms with Crippen molar-refractivity contribution in [3.05, 3.63) is 50.7 Å². The zero-order chi connectivity index (χ0) is 10.8. The Balaban J connectivity index is 2.50. The molecule has 76 valence electrons. The third-order valence-corrected chi connectivity index (χ3v) is 2.54. The minimum atomic E-state index is -0.475. The number of H-pyrrole nitrogens is 1. The van der Waals surface area contributed by atoms with E-state index in [0.29, 0.717) is 0 Å². The van der Waals surface area contributed by atoms with Gasteiger partial charge in [-0.1, -0.05) is 22.0 Å². The molecule has 0 aliphatic heterocycles. The summed E-state index contributed by atoms with van der Waals surface area (Å²) in [5, 5.41) is 11.2. The van der Waals surface area contributed by atoms with E-state index in [0.717, 1.165) is 27.1 Å². The van der Waals surface area contributed by atoms with Crippen molar-refractivity contribution >= 4 is 32.9 Å². The molecule has 1 aromatic heterocycles. The third-order valence-electron chi connectivity index (χ3n) is 2.05. The van der Waals surface area contributed by atoms with Gasteiger partial charge < -0.3 is 4.98 Å². The van der Waals surface area contributed by atoms with Crippen LogP contribution in [0.15, 0.2) is 35.1 Å². The Labute approximate surface area is 93.9 Å². The highest BCUT2D eigenvalue weighted by molar-refractivity contribution is 9.10. The summed E-state index contributed by atoms with van der Waals surface area (Å²) < 4.78 is 0.974. The molecule has 0 bridgehead atoms. The minimum absolute atomic E-state index is 0.475. The number of hydrogen-bond donors (Lipinski definition) is 1. The number of nitrogens with zero attached hydrogens (tertiary/aromatic N) is 1. The van der Waals surface area contributed by atoms with Crippen LogP contribution in [0.2, 0.25) is 0 Å². The van der Waals surface area contributed by atoms with Crippen LogP contribution in [-0.4, -0.2) is 9.91 Å². The van der Waals surface area contributed by atoms with Gasteiger partial charge in [0.25, 0.3) is 0 Å². The van der Waals surface area contributed by atoms with E-state index >= 15 is 0 Å². The molecule has 0 atom stereocenters. The van der Waals surface area contributed by atoms with E-state index in [-0.39, 0.29) is 0 Å². The predicted molar refractivity (Wildman–Crippen MR) is 62.0 cm³/mol. The zero-order valence-corrected chi connectivity index (χ0v) is 9.19. The fraction of sp³-hybridized carbons (Fsp3) is 0. The molecular formula is C10H7BrN2O2. The van der Waals surface area contributed by atoms with E-state index in [1.807, 2.05) is 18.2 Å². The van der Waals surface area contributed by atoms with Crippen LogP contribution < -0.4 is 0 Å². The second kappa shape index (κ2) is 3.86. The molecule has 2 rings (SSSR count). The summed E-state index contributed by atoms with van der Waals surface area (Å²) in [5.74, 6) is 0. The number of rotatable bonds is 2. The zero-order valence-electron chi connectivity index (χ0n) is 7.61. The van der Waals surface area contributed by atoms with Crippen LogP contribution >= 0.6 is 15.9 Å². The molecule has 1 N–H and O–H groups in total. The smallest absolute Gasteiger partial charge is 0.235 e. The molecule has 15 heavy (non-hydrogen) atoms. The Morgan fingerprint density at radius 3 is 3.00 bits per heavy atom. The number of aromatic nitrogens is 1. The normalized spacial score (nSPS) is 11.3. The fourth-order valence-electron chi connectivity index (χ4n) is 1.40. The molecule has 0 unspecified atom stereocenters. The van der Waals surface area contributed by atoms with E-state index in [2.05, 4.69) is 20.9 Å². The van der Waals surface area contributed by atoms with Crippen LogP contribution in [0, 0.1) is 10.1 Å². The van der Waals surface area contributed by atoms with Crippen LogP contribution in [-0.2, 0) is 0 Å². The average Bonchev–Trinajstić information content (AvgIpc) is 2.57. The van der Waals surface area contributed by atoms with Gasteiger partial charge in [-0.25, -0.2) is 0 Å². The summed E-state index contributed by atoms with van der Waals surface area (Å²) in [5.41, 5.74) is 1.77. The van der Waals surface area contributed by atoms with Gasteiger partial charge in [0, 0.05) is 33.2 Å². The Bertz CT molecular complexity index is 545. The molecule has 5 heteroatoms. The molecule has 0 fully saturated rings. The predicted octanol–water partition coefficient (Wildman–Crippen LogP) is 3.18. The number of aromatic amines is 1. The maximum Gasteiger partial charge on any atom is 0.235 e. The van der Waals surface area contributed by atoms with Crippen molar-refractivity contribution in [1.29, 1.82) is 0 Å². The molecule has 2 aromatic rings. The van der Waals surface area contributed by atoms with E-state index in [9.17, 15) is 10.1 Å². The summed E-state index contributed by atoms with van der Waals surface area (Å²) in [6.45, 7) is 0. The van der Waals surface area contributed by atoms with Crippen LogP contribution in [0.4, 0.5) is 0 Å². The van der Waals surface area contributed by atoms with Crippen molar-refractivity contribution in [2.24, 2.45) is 0 Å². The van der Waals surface area contributed by atoms with Crippen molar-refractivity contribution in [2.75, 3.05) is 0 Å². The van der Waals surface area contributed by atoms with Gasteiger partial charge in [-0.05, 0) is 12.1 Å². The number of hydrogen-bond acceptors (Lipinski definition) is 2. The van der Waals surface area contributed by atoms with Gasteiger partial charge in [0.15, 0.2) is 0 Å². The van der Waals surface area contributed by atoms with Gasteiger partial charge in [0.1, 0.15) is 0 Å². The van der Waals surface area contributed by atoms with Crippen molar-refractivity contribution in [1.82, 2.24) is 4.98 Å². The van der Waals surface area contributed by atoms with Crippen molar-refractivity contribution in [2.45, 2.75) is 0 Å². The second-order valence-corrected chi connectivity index (χ2v) is 3.95. The summed E-state index contributed by atoms with van der Waals surface area (Å²) in [6, 6.07) is 5.74. The average molecular weight is 267 g/mol. The lowest BCUT2D eigenvalue weighted by Crippen LogP contribution is -1.81. The molecule has 0 saturated carbocycles. The SMILES string of the molecule is O=[N+]([O-])C=Cc1c[nH]c2cc(Br)ccc12. The molecule has 0 radical (unpaired) electrons. The summed E-state index contributed by atoms with van der Waals surface area (Å²) >= 11 is 3.36. The number of nitro groups is 1. The van der Waals surface area contributed by atoms with E-state index in [1.54, 1.807) is 6.20 Å². The first-order valence-corrected chi connectivity index (χ1v) is 5.04. The Kier molecular flexibility index (Phi) is 2.55. The Hall–Kier alpha value is -1.62. The standard InChI is InChI=1S/C10H7BrN2O2/c11-8-1-2-9-7(3-4-13(14)15)6-12-10(9)5-8/h1-6,12H. The summed E-state index contributed by atoms with van der Waals surface area (Å²) in [4.78, 5) is 12.8. The van der Waals surface area contributed by atoms with Gasteiger partial charge in [-0.15, -0.1) is 0 Å². The van der Waals surface area contributed by atoms with Crippen LogP contribution in [0.1, 0.15) is 5.56 Å². The number of nitrogens with one attached hydrogen (secondary N) is 1. The van der Waals surface area contributed by atoms with Crippen molar-refractivity contribution < 1.29 is 4.92 Å². The largest absolute Gasteiger partial charge is 0.361 e. The summed E-state index contributed by atoms with van der Waals surface area (Å²) in [6.07, 6.45) is 4.16. The van der Waals surface area contributed by atoms with Gasteiger partial charge >= 0.3 is 0 Å². The van der Waals surface area contributed by atoms with Crippen LogP contribution in [0.25, 0.3) is 17.0 Å². The lowest BCUT2D eigenvalue weighted by atomic mass is 10.2. The first kappa shape index (κ1) is 9.92. The van der Waals surface area contributed by atoms with Gasteiger partial charge in [-0.2, -0.15) is 0 Å². The molecule has 0 amide bonds. The van der Waals surface area contributed by atoms with E-state index < -0.39 is 4.92 Å². The van der Waals surface area contributed by atoms with E-state index in [1.165, 1.54) is 6.08 Å². The number of benzene rings is 1. The minimum Gasteiger partial charge on any atom is -0.361 e. The van der Waals surface area contributed by atoms with Crippen LogP contribution in [0.5, 0.6) is 0 Å². The first-order valence-electron chi connectivity index (χ1n) is 4.25. The third kappa shape index (κ3) is 2.07. The highest BCUT2D eigenvalue weighted by Crippen LogP contribution is 2.23. The molecule has 1 aromatic carbocycles. The molecule has 0 aliphatic rings. The highest BCUT2D eigenvalue weighted by Gasteiger charge is 2.01. The number of halogens is 1. The maximum absolute atomic E-state index is 10.2. The molecule has 0 aliphatic carbocycles. The Morgan fingerprint density at radius 1 is 1.47 bits per heavy atom. The monoisotopic (exact) mass is 266 g/mol. The first-order chi connectivity index (χ1) is 7.16. The summed E-state index contributed by atoms with van der Waals surface area (Å²) in [7, 11) is 0. The molecule has 4 nitrogen and oxygen atoms in total. The second-order valence-electron chi connectivity index (χ2n) is 3.04. The number of fused-ring (bicyclic) bond motifs is 1. The van der Waals surface area contributed by atoms with Crippen molar-refractivity contribution in [3.63, 3.8) is 0 Å². The van der Waals surface area contributed by atoms with Crippen molar-refractivity contribution in [3.8, 4) is 0 Å².